The van der Waals surface area contributed by atoms with Crippen LogP contribution in [0.3, 0.4) is 0 Å². The first-order valence-corrected chi connectivity index (χ1v) is 6.89. The molecule has 1 saturated carbocycles. The normalized spacial score (nSPS) is 26.9. The molecule has 18 heavy (non-hydrogen) atoms. The lowest BCUT2D eigenvalue weighted by atomic mass is 9.70. The molecule has 100 valence electrons. The van der Waals surface area contributed by atoms with E-state index in [1.54, 1.807) is 0 Å². The van der Waals surface area contributed by atoms with Crippen molar-refractivity contribution in [1.29, 1.82) is 0 Å². The van der Waals surface area contributed by atoms with Crippen molar-refractivity contribution < 1.29 is 4.39 Å². The summed E-state index contributed by atoms with van der Waals surface area (Å²) in [6.45, 7) is 8.73. The molecule has 2 unspecified atom stereocenters. The third-order valence-electron chi connectivity index (χ3n) is 3.94. The first-order valence-electron chi connectivity index (χ1n) is 6.89. The van der Waals surface area contributed by atoms with Crippen molar-refractivity contribution in [3.05, 3.63) is 29.6 Å². The summed E-state index contributed by atoms with van der Waals surface area (Å²) in [6.07, 6.45) is 3.52. The highest BCUT2D eigenvalue weighted by Crippen LogP contribution is 2.39. The third-order valence-corrected chi connectivity index (χ3v) is 3.94. The van der Waals surface area contributed by atoms with Crippen molar-refractivity contribution in [3.63, 3.8) is 0 Å². The second-order valence-electron chi connectivity index (χ2n) is 6.69. The Balaban J connectivity index is 2.11. The van der Waals surface area contributed by atoms with Gasteiger partial charge in [0.2, 0.25) is 0 Å². The number of anilines is 1. The summed E-state index contributed by atoms with van der Waals surface area (Å²) in [5.74, 6) is 0.604. The lowest BCUT2D eigenvalue weighted by Crippen LogP contribution is -2.35. The van der Waals surface area contributed by atoms with E-state index >= 15 is 0 Å². The second-order valence-corrected chi connectivity index (χ2v) is 6.69. The van der Waals surface area contributed by atoms with Gasteiger partial charge in [-0.15, -0.1) is 0 Å². The quantitative estimate of drug-likeness (QED) is 0.796. The van der Waals surface area contributed by atoms with Crippen LogP contribution in [0.15, 0.2) is 18.2 Å². The van der Waals surface area contributed by atoms with Crippen LogP contribution in [0, 0.1) is 24.1 Å². The Kier molecular flexibility index (Phi) is 3.65. The van der Waals surface area contributed by atoms with Crippen molar-refractivity contribution in [2.24, 2.45) is 11.3 Å². The third kappa shape index (κ3) is 3.04. The zero-order valence-electron chi connectivity index (χ0n) is 11.9. The molecule has 0 amide bonds. The summed E-state index contributed by atoms with van der Waals surface area (Å²) in [5, 5.41) is 3.40. The number of aryl methyl sites for hydroxylation is 1. The molecule has 1 aliphatic carbocycles. The summed E-state index contributed by atoms with van der Waals surface area (Å²) in [7, 11) is 0. The predicted octanol–water partition coefficient (Wildman–Crippen LogP) is 4.76. The molecular weight excluding hydrogens is 225 g/mol. The largest absolute Gasteiger partial charge is 0.380 e. The van der Waals surface area contributed by atoms with E-state index in [4.69, 9.17) is 0 Å². The average Bonchev–Trinajstić information content (AvgIpc) is 2.22. The van der Waals surface area contributed by atoms with Crippen LogP contribution in [0.4, 0.5) is 10.1 Å². The van der Waals surface area contributed by atoms with E-state index in [1.165, 1.54) is 6.42 Å². The second kappa shape index (κ2) is 4.91. The lowest BCUT2D eigenvalue weighted by molar-refractivity contribution is 0.177. The Morgan fingerprint density at radius 2 is 2.00 bits per heavy atom. The van der Waals surface area contributed by atoms with Crippen LogP contribution in [-0.2, 0) is 0 Å². The van der Waals surface area contributed by atoms with E-state index in [2.05, 4.69) is 26.1 Å². The number of nitrogens with one attached hydrogen (secondary N) is 1. The maximum absolute atomic E-state index is 14.0. The zero-order chi connectivity index (χ0) is 13.3. The van der Waals surface area contributed by atoms with Crippen LogP contribution in [0.1, 0.15) is 45.6 Å². The van der Waals surface area contributed by atoms with Crippen LogP contribution < -0.4 is 5.32 Å². The molecule has 2 rings (SSSR count). The summed E-state index contributed by atoms with van der Waals surface area (Å²) < 4.78 is 14.0. The van der Waals surface area contributed by atoms with Crippen molar-refractivity contribution in [1.82, 2.24) is 0 Å². The molecule has 0 saturated heterocycles. The van der Waals surface area contributed by atoms with Gasteiger partial charge in [-0.25, -0.2) is 4.39 Å². The van der Waals surface area contributed by atoms with Crippen molar-refractivity contribution >= 4 is 5.69 Å². The van der Waals surface area contributed by atoms with E-state index in [0.29, 0.717) is 28.6 Å². The molecule has 1 N–H and O–H groups in total. The van der Waals surface area contributed by atoms with E-state index in [-0.39, 0.29) is 5.82 Å². The first kappa shape index (κ1) is 13.4. The summed E-state index contributed by atoms with van der Waals surface area (Å²) in [4.78, 5) is 0. The molecule has 1 aromatic rings. The molecule has 1 aromatic carbocycles. The molecule has 0 bridgehead atoms. The minimum absolute atomic E-state index is 0.103. The highest BCUT2D eigenvalue weighted by Gasteiger charge is 2.32. The topological polar surface area (TPSA) is 12.0 Å². The molecule has 0 spiro atoms. The molecule has 0 aliphatic heterocycles. The van der Waals surface area contributed by atoms with Gasteiger partial charge in [0, 0.05) is 6.04 Å². The molecular formula is C16H24FN. The highest BCUT2D eigenvalue weighted by molar-refractivity contribution is 5.48. The Morgan fingerprint density at radius 3 is 2.67 bits per heavy atom. The lowest BCUT2D eigenvalue weighted by Gasteiger charge is -2.39. The van der Waals surface area contributed by atoms with Crippen molar-refractivity contribution in [2.45, 2.75) is 53.0 Å². The minimum Gasteiger partial charge on any atom is -0.380 e. The van der Waals surface area contributed by atoms with Crippen LogP contribution in [-0.4, -0.2) is 6.04 Å². The summed E-state index contributed by atoms with van der Waals surface area (Å²) in [5.41, 5.74) is 1.73. The maximum atomic E-state index is 14.0. The molecule has 0 radical (unpaired) electrons. The Morgan fingerprint density at radius 1 is 1.28 bits per heavy atom. The van der Waals surface area contributed by atoms with Crippen LogP contribution in [0.5, 0.6) is 0 Å². The van der Waals surface area contributed by atoms with Gasteiger partial charge in [0.25, 0.3) is 0 Å². The van der Waals surface area contributed by atoms with E-state index in [9.17, 15) is 4.39 Å². The zero-order valence-corrected chi connectivity index (χ0v) is 11.9. The molecule has 1 aliphatic rings. The fourth-order valence-corrected chi connectivity index (χ4v) is 3.43. The van der Waals surface area contributed by atoms with Crippen LogP contribution in [0.25, 0.3) is 0 Å². The first-order chi connectivity index (χ1) is 8.37. The fourth-order valence-electron chi connectivity index (χ4n) is 3.43. The van der Waals surface area contributed by atoms with E-state index < -0.39 is 0 Å². The number of hydrogen-bond acceptors (Lipinski definition) is 1. The molecule has 1 fully saturated rings. The Hall–Kier alpha value is -1.05. The molecule has 0 aromatic heterocycles. The van der Waals surface area contributed by atoms with Gasteiger partial charge >= 0.3 is 0 Å². The number of halogens is 1. The van der Waals surface area contributed by atoms with Gasteiger partial charge in [0.15, 0.2) is 0 Å². The number of hydrogen-bond donors (Lipinski definition) is 1. The van der Waals surface area contributed by atoms with Crippen molar-refractivity contribution in [2.75, 3.05) is 5.32 Å². The fraction of sp³-hybridized carbons (Fsp3) is 0.625. The Labute approximate surface area is 110 Å². The standard InChI is InChI=1S/C16H24FN/c1-11-8-13(10-16(3,4)9-11)18-14-7-5-6-12(2)15(14)17/h5-7,11,13,18H,8-10H2,1-4H3. The van der Waals surface area contributed by atoms with Gasteiger partial charge in [0.1, 0.15) is 5.82 Å². The van der Waals surface area contributed by atoms with E-state index in [1.807, 2.05) is 25.1 Å². The summed E-state index contributed by atoms with van der Waals surface area (Å²) in [6, 6.07) is 5.96. The number of rotatable bonds is 2. The maximum Gasteiger partial charge on any atom is 0.149 e. The minimum atomic E-state index is -0.103. The number of benzene rings is 1. The summed E-state index contributed by atoms with van der Waals surface area (Å²) >= 11 is 0. The molecule has 0 heterocycles. The van der Waals surface area contributed by atoms with Gasteiger partial charge in [-0.1, -0.05) is 32.9 Å². The highest BCUT2D eigenvalue weighted by atomic mass is 19.1. The predicted molar refractivity (Wildman–Crippen MR) is 75.3 cm³/mol. The van der Waals surface area contributed by atoms with Crippen molar-refractivity contribution in [3.8, 4) is 0 Å². The van der Waals surface area contributed by atoms with Gasteiger partial charge in [0.05, 0.1) is 5.69 Å². The molecule has 1 nitrogen and oxygen atoms in total. The Bertz CT molecular complexity index is 425. The van der Waals surface area contributed by atoms with E-state index in [0.717, 1.165) is 12.8 Å². The van der Waals surface area contributed by atoms with Crippen LogP contribution >= 0.6 is 0 Å². The molecule has 2 heteroatoms. The smallest absolute Gasteiger partial charge is 0.149 e. The monoisotopic (exact) mass is 249 g/mol. The van der Waals surface area contributed by atoms with Gasteiger partial charge in [-0.2, -0.15) is 0 Å². The average molecular weight is 249 g/mol. The van der Waals surface area contributed by atoms with Gasteiger partial charge < -0.3 is 5.32 Å². The molecule has 2 atom stereocenters. The van der Waals surface area contributed by atoms with Gasteiger partial charge in [-0.3, -0.25) is 0 Å². The van der Waals surface area contributed by atoms with Crippen LogP contribution in [0.2, 0.25) is 0 Å². The van der Waals surface area contributed by atoms with Gasteiger partial charge in [-0.05, 0) is 49.1 Å². The SMILES string of the molecule is Cc1cccc(NC2CC(C)CC(C)(C)C2)c1F.